The number of amides is 1. The minimum atomic E-state index is -0.852. The van der Waals surface area contributed by atoms with E-state index in [4.69, 9.17) is 11.6 Å². The van der Waals surface area contributed by atoms with Gasteiger partial charge in [0, 0.05) is 40.2 Å². The number of halogens is 1. The van der Waals surface area contributed by atoms with Crippen LogP contribution in [0.25, 0.3) is 0 Å². The fourth-order valence-electron chi connectivity index (χ4n) is 3.50. The van der Waals surface area contributed by atoms with E-state index in [1.807, 2.05) is 12.1 Å². The summed E-state index contributed by atoms with van der Waals surface area (Å²) in [5.41, 5.74) is 0.922. The predicted molar refractivity (Wildman–Crippen MR) is 104 cm³/mol. The van der Waals surface area contributed by atoms with Crippen LogP contribution in [0.5, 0.6) is 0 Å². The molecule has 1 saturated heterocycles. The Balaban J connectivity index is 1.60. The Morgan fingerprint density at radius 3 is 2.54 bits per heavy atom. The zero-order chi connectivity index (χ0) is 18.7. The largest absolute Gasteiger partial charge is 0.481 e. The average Bonchev–Trinajstić information content (AvgIpc) is 3.22. The molecule has 2 aromatic rings. The molecule has 1 aliphatic rings. The quantitative estimate of drug-likeness (QED) is 0.795. The number of carbonyl (C=O) groups excluding carboxylic acids is 1. The molecule has 0 spiro atoms. The average molecular weight is 392 g/mol. The van der Waals surface area contributed by atoms with E-state index in [1.165, 1.54) is 9.75 Å². The molecule has 1 amide bonds. The van der Waals surface area contributed by atoms with Crippen LogP contribution in [-0.4, -0.2) is 35.0 Å². The van der Waals surface area contributed by atoms with E-state index in [9.17, 15) is 14.7 Å². The number of carboxylic acids is 1. The molecule has 1 aliphatic heterocycles. The van der Waals surface area contributed by atoms with E-state index in [2.05, 4.69) is 19.1 Å². The topological polar surface area (TPSA) is 57.6 Å². The van der Waals surface area contributed by atoms with Gasteiger partial charge in [-0.3, -0.25) is 9.59 Å². The molecule has 6 heteroatoms. The molecule has 0 bridgehead atoms. The number of aryl methyl sites for hydroxylation is 2. The predicted octanol–water partition coefficient (Wildman–Crippen LogP) is 4.36. The zero-order valence-electron chi connectivity index (χ0n) is 14.7. The lowest BCUT2D eigenvalue weighted by molar-refractivity contribution is -0.141. The Labute approximate surface area is 162 Å². The van der Waals surface area contributed by atoms with E-state index in [0.29, 0.717) is 18.0 Å². The summed E-state index contributed by atoms with van der Waals surface area (Å²) in [7, 11) is 0. The summed E-state index contributed by atoms with van der Waals surface area (Å²) in [6.07, 6.45) is 2.14. The van der Waals surface area contributed by atoms with Crippen LogP contribution in [0.2, 0.25) is 5.02 Å². The van der Waals surface area contributed by atoms with Crippen molar-refractivity contribution in [1.82, 2.24) is 4.90 Å². The van der Waals surface area contributed by atoms with Crippen molar-refractivity contribution >= 4 is 34.8 Å². The van der Waals surface area contributed by atoms with E-state index in [1.54, 1.807) is 28.4 Å². The highest BCUT2D eigenvalue weighted by atomic mass is 35.5. The number of hydrogen-bond acceptors (Lipinski definition) is 3. The molecule has 2 atom stereocenters. The van der Waals surface area contributed by atoms with Crippen LogP contribution in [-0.2, 0) is 16.0 Å². The Kier molecular flexibility index (Phi) is 5.99. The summed E-state index contributed by atoms with van der Waals surface area (Å²) >= 11 is 7.69. The van der Waals surface area contributed by atoms with Crippen LogP contribution in [0.3, 0.4) is 0 Å². The number of carboxylic acid groups (broad SMARTS) is 1. The highest BCUT2D eigenvalue weighted by molar-refractivity contribution is 7.11. The van der Waals surface area contributed by atoms with Crippen molar-refractivity contribution in [1.29, 1.82) is 0 Å². The number of aliphatic carboxylic acids is 1. The van der Waals surface area contributed by atoms with Crippen LogP contribution in [0.15, 0.2) is 36.4 Å². The first-order chi connectivity index (χ1) is 12.4. The lowest BCUT2D eigenvalue weighted by Gasteiger charge is -2.16. The molecular weight excluding hydrogens is 370 g/mol. The van der Waals surface area contributed by atoms with Gasteiger partial charge in [0.2, 0.25) is 5.91 Å². The lowest BCUT2D eigenvalue weighted by atomic mass is 9.89. The summed E-state index contributed by atoms with van der Waals surface area (Å²) in [5.74, 6) is -1.57. The standard InChI is InChI=1S/C20H22ClNO3S/c1-13-5-10-16(26-13)3-2-4-19(23)22-11-17(18(12-22)20(24)25)14-6-8-15(21)9-7-14/h5-10,17-18H,2-4,11-12H2,1H3,(H,24,25)/t17-,18+/m0/s1. The molecule has 1 aromatic carbocycles. The van der Waals surface area contributed by atoms with Crippen molar-refractivity contribution in [3.63, 3.8) is 0 Å². The molecule has 1 aromatic heterocycles. The van der Waals surface area contributed by atoms with Crippen molar-refractivity contribution in [2.24, 2.45) is 5.92 Å². The smallest absolute Gasteiger partial charge is 0.308 e. The number of thiophene rings is 1. The molecule has 0 radical (unpaired) electrons. The maximum atomic E-state index is 12.6. The molecule has 138 valence electrons. The van der Waals surface area contributed by atoms with Crippen LogP contribution in [0, 0.1) is 12.8 Å². The lowest BCUT2D eigenvalue weighted by Crippen LogP contribution is -2.29. The zero-order valence-corrected chi connectivity index (χ0v) is 16.2. The van der Waals surface area contributed by atoms with Crippen molar-refractivity contribution < 1.29 is 14.7 Å². The van der Waals surface area contributed by atoms with Gasteiger partial charge in [-0.2, -0.15) is 0 Å². The molecule has 0 unspecified atom stereocenters. The fraction of sp³-hybridized carbons (Fsp3) is 0.400. The molecule has 0 aliphatic carbocycles. The van der Waals surface area contributed by atoms with E-state index in [0.717, 1.165) is 18.4 Å². The second-order valence-electron chi connectivity index (χ2n) is 6.77. The van der Waals surface area contributed by atoms with E-state index in [-0.39, 0.29) is 18.4 Å². The third-order valence-corrected chi connectivity index (χ3v) is 6.21. The maximum absolute atomic E-state index is 12.6. The summed E-state index contributed by atoms with van der Waals surface area (Å²) in [6.45, 7) is 2.81. The summed E-state index contributed by atoms with van der Waals surface area (Å²) in [6, 6.07) is 11.5. The second kappa shape index (κ2) is 8.23. The first-order valence-electron chi connectivity index (χ1n) is 8.75. The van der Waals surface area contributed by atoms with Gasteiger partial charge in [0.05, 0.1) is 5.92 Å². The number of likely N-dealkylation sites (tertiary alicyclic amines) is 1. The number of nitrogens with zero attached hydrogens (tertiary/aromatic N) is 1. The van der Waals surface area contributed by atoms with Gasteiger partial charge < -0.3 is 10.0 Å². The molecule has 4 nitrogen and oxygen atoms in total. The number of hydrogen-bond donors (Lipinski definition) is 1. The van der Waals surface area contributed by atoms with Gasteiger partial charge in [-0.25, -0.2) is 0 Å². The van der Waals surface area contributed by atoms with Crippen molar-refractivity contribution in [2.75, 3.05) is 13.1 Å². The normalized spacial score (nSPS) is 19.7. The van der Waals surface area contributed by atoms with Crippen LogP contribution < -0.4 is 0 Å². The minimum Gasteiger partial charge on any atom is -0.481 e. The van der Waals surface area contributed by atoms with Gasteiger partial charge in [0.25, 0.3) is 0 Å². The Morgan fingerprint density at radius 2 is 1.92 bits per heavy atom. The second-order valence-corrected chi connectivity index (χ2v) is 8.58. The van der Waals surface area contributed by atoms with Crippen LogP contribution in [0.1, 0.15) is 34.1 Å². The number of benzene rings is 1. The monoisotopic (exact) mass is 391 g/mol. The molecule has 0 saturated carbocycles. The molecule has 2 heterocycles. The van der Waals surface area contributed by atoms with Crippen molar-refractivity contribution in [3.05, 3.63) is 56.7 Å². The Hall–Kier alpha value is -1.85. The summed E-state index contributed by atoms with van der Waals surface area (Å²) < 4.78 is 0. The molecule has 26 heavy (non-hydrogen) atoms. The molecule has 1 N–H and O–H groups in total. The summed E-state index contributed by atoms with van der Waals surface area (Å²) in [4.78, 5) is 28.5. The molecule has 1 fully saturated rings. The van der Waals surface area contributed by atoms with Gasteiger partial charge in [-0.1, -0.05) is 23.7 Å². The van der Waals surface area contributed by atoms with Gasteiger partial charge in [0.1, 0.15) is 0 Å². The fourth-order valence-corrected chi connectivity index (χ4v) is 4.55. The van der Waals surface area contributed by atoms with Gasteiger partial charge in [0.15, 0.2) is 0 Å². The van der Waals surface area contributed by atoms with Crippen molar-refractivity contribution in [2.45, 2.75) is 32.1 Å². The van der Waals surface area contributed by atoms with Crippen LogP contribution in [0.4, 0.5) is 0 Å². The number of carbonyl (C=O) groups is 2. The highest BCUT2D eigenvalue weighted by Gasteiger charge is 2.40. The minimum absolute atomic E-state index is 0.0426. The number of rotatable bonds is 6. The van der Waals surface area contributed by atoms with Gasteiger partial charge in [-0.05, 0) is 49.6 Å². The Bertz CT molecular complexity index is 787. The van der Waals surface area contributed by atoms with Crippen LogP contribution >= 0.6 is 22.9 Å². The SMILES string of the molecule is Cc1ccc(CCCC(=O)N2C[C@@H](C(=O)O)[C@H](c3ccc(Cl)cc3)C2)s1. The third kappa shape index (κ3) is 4.46. The van der Waals surface area contributed by atoms with Gasteiger partial charge in [-0.15, -0.1) is 11.3 Å². The molecular formula is C20H22ClNO3S. The third-order valence-electron chi connectivity index (χ3n) is 4.90. The Morgan fingerprint density at radius 1 is 1.19 bits per heavy atom. The summed E-state index contributed by atoms with van der Waals surface area (Å²) in [5, 5.41) is 10.2. The maximum Gasteiger partial charge on any atom is 0.308 e. The van der Waals surface area contributed by atoms with Gasteiger partial charge >= 0.3 is 5.97 Å². The first-order valence-corrected chi connectivity index (χ1v) is 9.95. The van der Waals surface area contributed by atoms with E-state index < -0.39 is 11.9 Å². The molecule has 3 rings (SSSR count). The van der Waals surface area contributed by atoms with E-state index >= 15 is 0 Å². The highest BCUT2D eigenvalue weighted by Crippen LogP contribution is 2.34. The first kappa shape index (κ1) is 18.9. The van der Waals surface area contributed by atoms with Crippen molar-refractivity contribution in [3.8, 4) is 0 Å².